The number of nitrogens with one attached hydrogen (secondary N) is 1. The molecule has 0 radical (unpaired) electrons. The van der Waals surface area contributed by atoms with Crippen molar-refractivity contribution in [3.63, 3.8) is 0 Å². The first-order valence-corrected chi connectivity index (χ1v) is 2.16. The molecular weight excluding hydrogens is 107 g/mol. The Balaban J connectivity index is 3.83. The quantitative estimate of drug-likeness (QED) is 0.515. The van der Waals surface area contributed by atoms with Gasteiger partial charge in [0.2, 0.25) is 0 Å². The molecule has 8 heavy (non-hydrogen) atoms. The zero-order valence-corrected chi connectivity index (χ0v) is 4.74. The van der Waals surface area contributed by atoms with Gasteiger partial charge in [-0.2, -0.15) is 0 Å². The predicted molar refractivity (Wildman–Crippen MR) is 31.6 cm³/mol. The third-order valence-corrected chi connectivity index (χ3v) is 0.736. The number of likely N-dealkylation sites (N-methyl/N-ethyl adjacent to an activating group) is 1. The maximum atomic E-state index is 12.1. The summed E-state index contributed by atoms with van der Waals surface area (Å²) in [6.45, 7) is 3.31. The normalized spacial score (nSPS) is 11.0. The van der Waals surface area contributed by atoms with E-state index in [4.69, 9.17) is 5.73 Å². The molecule has 0 spiro atoms. The highest BCUT2D eigenvalue weighted by molar-refractivity contribution is 5.17. The van der Waals surface area contributed by atoms with Gasteiger partial charge in [-0.3, -0.25) is 0 Å². The van der Waals surface area contributed by atoms with Gasteiger partial charge >= 0.3 is 0 Å². The summed E-state index contributed by atoms with van der Waals surface area (Å²) in [5.41, 5.74) is 5.01. The molecule has 0 aromatic carbocycles. The number of hydrogen-bond donors (Lipinski definition) is 2. The van der Waals surface area contributed by atoms with Crippen molar-refractivity contribution in [3.05, 3.63) is 24.3 Å². The van der Waals surface area contributed by atoms with Gasteiger partial charge in [0.25, 0.3) is 0 Å². The van der Waals surface area contributed by atoms with E-state index in [9.17, 15) is 4.39 Å². The molecular formula is C5H9FN2. The molecule has 0 unspecified atom stereocenters. The molecule has 46 valence electrons. The summed E-state index contributed by atoms with van der Waals surface area (Å²) >= 11 is 0. The third-order valence-electron chi connectivity index (χ3n) is 0.736. The van der Waals surface area contributed by atoms with E-state index in [-0.39, 0.29) is 5.70 Å². The summed E-state index contributed by atoms with van der Waals surface area (Å²) in [4.78, 5) is 0. The molecule has 0 fully saturated rings. The van der Waals surface area contributed by atoms with E-state index in [1.807, 2.05) is 0 Å². The van der Waals surface area contributed by atoms with Gasteiger partial charge < -0.3 is 11.1 Å². The second-order valence-corrected chi connectivity index (χ2v) is 1.24. The van der Waals surface area contributed by atoms with E-state index in [1.54, 1.807) is 7.05 Å². The molecule has 3 N–H and O–H groups in total. The monoisotopic (exact) mass is 116 g/mol. The summed E-state index contributed by atoms with van der Waals surface area (Å²) in [6, 6.07) is 0. The van der Waals surface area contributed by atoms with Gasteiger partial charge in [0.05, 0.1) is 5.70 Å². The van der Waals surface area contributed by atoms with Crippen molar-refractivity contribution in [2.75, 3.05) is 7.05 Å². The summed E-state index contributed by atoms with van der Waals surface area (Å²) in [6.07, 6.45) is 0.860. The average Bonchev–Trinajstić information content (AvgIpc) is 1.84. The van der Waals surface area contributed by atoms with E-state index >= 15 is 0 Å². The van der Waals surface area contributed by atoms with E-state index < -0.39 is 5.83 Å². The predicted octanol–water partition coefficient (Wildman–Crippen LogP) is 0.489. The summed E-state index contributed by atoms with van der Waals surface area (Å²) in [5.74, 6) is -0.521. The van der Waals surface area contributed by atoms with E-state index in [2.05, 4.69) is 11.9 Å². The van der Waals surface area contributed by atoms with Crippen molar-refractivity contribution in [1.82, 2.24) is 5.32 Å². The SMILES string of the molecule is C=C(NC)/C(F)=C\N. The maximum absolute atomic E-state index is 12.1. The van der Waals surface area contributed by atoms with Crippen LogP contribution < -0.4 is 11.1 Å². The van der Waals surface area contributed by atoms with Gasteiger partial charge in [0.15, 0.2) is 5.83 Å². The molecule has 0 rings (SSSR count). The Morgan fingerprint density at radius 1 is 1.88 bits per heavy atom. The first kappa shape index (κ1) is 7.01. The molecule has 0 saturated carbocycles. The number of allylic oxidation sites excluding steroid dienone is 1. The van der Waals surface area contributed by atoms with Crippen molar-refractivity contribution in [1.29, 1.82) is 0 Å². The summed E-state index contributed by atoms with van der Waals surface area (Å²) < 4.78 is 12.1. The zero-order chi connectivity index (χ0) is 6.57. The Bertz CT molecular complexity index is 118. The second kappa shape index (κ2) is 3.07. The molecule has 0 saturated heterocycles. The highest BCUT2D eigenvalue weighted by Gasteiger charge is 1.93. The molecule has 3 heteroatoms. The lowest BCUT2D eigenvalue weighted by atomic mass is 10.4. The van der Waals surface area contributed by atoms with Crippen LogP contribution in [0.25, 0.3) is 0 Å². The lowest BCUT2D eigenvalue weighted by molar-refractivity contribution is 0.632. The lowest BCUT2D eigenvalue weighted by Gasteiger charge is -1.97. The molecule has 0 aromatic rings. The van der Waals surface area contributed by atoms with E-state index in [0.717, 1.165) is 6.20 Å². The van der Waals surface area contributed by atoms with Crippen LogP contribution in [0.5, 0.6) is 0 Å². The molecule has 0 aliphatic heterocycles. The van der Waals surface area contributed by atoms with Gasteiger partial charge in [-0.15, -0.1) is 0 Å². The topological polar surface area (TPSA) is 38.0 Å². The Labute approximate surface area is 47.9 Å². The molecule has 0 amide bonds. The van der Waals surface area contributed by atoms with Crippen LogP contribution in [0.2, 0.25) is 0 Å². The number of nitrogens with two attached hydrogens (primary N) is 1. The summed E-state index contributed by atoms with van der Waals surface area (Å²) in [7, 11) is 1.57. The van der Waals surface area contributed by atoms with E-state index in [1.165, 1.54) is 0 Å². The lowest BCUT2D eigenvalue weighted by Crippen LogP contribution is -2.05. The van der Waals surface area contributed by atoms with Gasteiger partial charge in [0.1, 0.15) is 0 Å². The van der Waals surface area contributed by atoms with Crippen LogP contribution in [-0.2, 0) is 0 Å². The largest absolute Gasteiger partial charge is 0.402 e. The Morgan fingerprint density at radius 3 is 2.50 bits per heavy atom. The van der Waals surface area contributed by atoms with Gasteiger partial charge in [-0.25, -0.2) is 4.39 Å². The van der Waals surface area contributed by atoms with Crippen molar-refractivity contribution in [2.45, 2.75) is 0 Å². The third kappa shape index (κ3) is 1.64. The van der Waals surface area contributed by atoms with E-state index in [0.29, 0.717) is 0 Å². The molecule has 0 aliphatic carbocycles. The van der Waals surface area contributed by atoms with Crippen molar-refractivity contribution in [3.8, 4) is 0 Å². The second-order valence-electron chi connectivity index (χ2n) is 1.24. The smallest absolute Gasteiger partial charge is 0.161 e. The van der Waals surface area contributed by atoms with Crippen LogP contribution in [0.4, 0.5) is 4.39 Å². The number of hydrogen-bond acceptors (Lipinski definition) is 2. The van der Waals surface area contributed by atoms with Gasteiger partial charge in [-0.05, 0) is 0 Å². The number of rotatable bonds is 2. The highest BCUT2D eigenvalue weighted by Crippen LogP contribution is 2.00. The van der Waals surface area contributed by atoms with Gasteiger partial charge in [-0.1, -0.05) is 6.58 Å². The number of halogens is 1. The van der Waals surface area contributed by atoms with Gasteiger partial charge in [0, 0.05) is 13.2 Å². The highest BCUT2D eigenvalue weighted by atomic mass is 19.1. The van der Waals surface area contributed by atoms with Crippen molar-refractivity contribution >= 4 is 0 Å². The fourth-order valence-electron chi connectivity index (χ4n) is 0.220. The van der Waals surface area contributed by atoms with Crippen LogP contribution in [0.1, 0.15) is 0 Å². The zero-order valence-electron chi connectivity index (χ0n) is 4.74. The van der Waals surface area contributed by atoms with Crippen LogP contribution >= 0.6 is 0 Å². The molecule has 0 aliphatic rings. The molecule has 2 nitrogen and oxygen atoms in total. The van der Waals surface area contributed by atoms with Crippen LogP contribution in [0, 0.1) is 0 Å². The molecule has 0 heterocycles. The Kier molecular flexibility index (Phi) is 2.69. The maximum Gasteiger partial charge on any atom is 0.161 e. The minimum atomic E-state index is -0.521. The Morgan fingerprint density at radius 2 is 2.38 bits per heavy atom. The minimum Gasteiger partial charge on any atom is -0.402 e. The van der Waals surface area contributed by atoms with Crippen LogP contribution in [0.3, 0.4) is 0 Å². The molecule has 0 bridgehead atoms. The van der Waals surface area contributed by atoms with Crippen LogP contribution in [0.15, 0.2) is 24.3 Å². The minimum absolute atomic E-state index is 0.201. The fraction of sp³-hybridized carbons (Fsp3) is 0.200. The molecule has 0 aromatic heterocycles. The fourth-order valence-corrected chi connectivity index (χ4v) is 0.220. The standard InChI is InChI=1S/C5H9FN2/c1-4(8-2)5(6)3-7/h3,8H,1,7H2,2H3/b5-3+. The van der Waals surface area contributed by atoms with Crippen molar-refractivity contribution < 1.29 is 4.39 Å². The van der Waals surface area contributed by atoms with Crippen LogP contribution in [-0.4, -0.2) is 7.05 Å². The Hall–Kier alpha value is -0.990. The van der Waals surface area contributed by atoms with Crippen molar-refractivity contribution in [2.24, 2.45) is 5.73 Å². The first-order valence-electron chi connectivity index (χ1n) is 2.16. The molecule has 0 atom stereocenters. The first-order chi connectivity index (χ1) is 3.72. The summed E-state index contributed by atoms with van der Waals surface area (Å²) in [5, 5.41) is 2.50. The average molecular weight is 116 g/mol.